The number of rotatable bonds is 3. The lowest BCUT2D eigenvalue weighted by Crippen LogP contribution is -2.10. The monoisotopic (exact) mass is 280 g/mol. The summed E-state index contributed by atoms with van der Waals surface area (Å²) in [6.45, 7) is 0. The third-order valence-corrected chi connectivity index (χ3v) is 4.04. The van der Waals surface area contributed by atoms with Crippen LogP contribution in [0.4, 0.5) is 0 Å². The van der Waals surface area contributed by atoms with Crippen molar-refractivity contribution in [2.45, 2.75) is 0 Å². The van der Waals surface area contributed by atoms with E-state index >= 15 is 0 Å². The molecule has 3 nitrogen and oxygen atoms in total. The van der Waals surface area contributed by atoms with Crippen molar-refractivity contribution in [2.24, 2.45) is 5.73 Å². The molecule has 1 heterocycles. The molecular formula is C16H12N2OS. The Bertz CT molecular complexity index is 679. The minimum Gasteiger partial charge on any atom is -0.364 e. The highest BCUT2D eigenvalue weighted by atomic mass is 32.1. The number of primary amides is 1. The van der Waals surface area contributed by atoms with Crippen LogP contribution in [0.2, 0.25) is 0 Å². The number of benzene rings is 2. The summed E-state index contributed by atoms with van der Waals surface area (Å²) in [6, 6.07) is 19.7. The summed E-state index contributed by atoms with van der Waals surface area (Å²) >= 11 is 1.33. The Balaban J connectivity index is 2.20. The van der Waals surface area contributed by atoms with Gasteiger partial charge in [0.05, 0.1) is 10.6 Å². The van der Waals surface area contributed by atoms with Gasteiger partial charge in [-0.05, 0) is 5.56 Å². The van der Waals surface area contributed by atoms with E-state index in [1.54, 1.807) is 0 Å². The van der Waals surface area contributed by atoms with Crippen molar-refractivity contribution >= 4 is 17.2 Å². The predicted molar refractivity (Wildman–Crippen MR) is 81.5 cm³/mol. The second-order valence-electron chi connectivity index (χ2n) is 4.29. The van der Waals surface area contributed by atoms with Gasteiger partial charge in [0.1, 0.15) is 0 Å². The zero-order chi connectivity index (χ0) is 13.9. The maximum absolute atomic E-state index is 11.4. The molecule has 98 valence electrons. The molecule has 1 aromatic heterocycles. The first kappa shape index (κ1) is 12.6. The van der Waals surface area contributed by atoms with Gasteiger partial charge in [0.15, 0.2) is 5.01 Å². The quantitative estimate of drug-likeness (QED) is 0.797. The van der Waals surface area contributed by atoms with Crippen molar-refractivity contribution in [3.63, 3.8) is 0 Å². The largest absolute Gasteiger partial charge is 0.364 e. The summed E-state index contributed by atoms with van der Waals surface area (Å²) in [6.07, 6.45) is 0. The van der Waals surface area contributed by atoms with Crippen LogP contribution in [0.25, 0.3) is 21.7 Å². The lowest BCUT2D eigenvalue weighted by molar-refractivity contribution is 0.1000. The fourth-order valence-electron chi connectivity index (χ4n) is 2.00. The van der Waals surface area contributed by atoms with Gasteiger partial charge in [0, 0.05) is 5.56 Å². The van der Waals surface area contributed by atoms with Crippen LogP contribution in [0.1, 0.15) is 9.80 Å². The number of carbonyl (C=O) groups excluding carboxylic acids is 1. The van der Waals surface area contributed by atoms with Crippen molar-refractivity contribution in [2.75, 3.05) is 0 Å². The molecule has 20 heavy (non-hydrogen) atoms. The van der Waals surface area contributed by atoms with Gasteiger partial charge >= 0.3 is 0 Å². The Morgan fingerprint density at radius 2 is 1.45 bits per heavy atom. The fourth-order valence-corrected chi connectivity index (χ4v) is 2.95. The molecule has 0 radical (unpaired) electrons. The summed E-state index contributed by atoms with van der Waals surface area (Å²) in [7, 11) is 0. The topological polar surface area (TPSA) is 56.0 Å². The van der Waals surface area contributed by atoms with Crippen LogP contribution in [0, 0.1) is 0 Å². The van der Waals surface area contributed by atoms with E-state index in [1.165, 1.54) is 11.3 Å². The maximum atomic E-state index is 11.4. The molecule has 1 amide bonds. The van der Waals surface area contributed by atoms with Crippen LogP contribution in [-0.4, -0.2) is 10.9 Å². The van der Waals surface area contributed by atoms with E-state index in [4.69, 9.17) is 5.73 Å². The predicted octanol–water partition coefficient (Wildman–Crippen LogP) is 3.58. The highest BCUT2D eigenvalue weighted by molar-refractivity contribution is 7.17. The van der Waals surface area contributed by atoms with Gasteiger partial charge < -0.3 is 5.73 Å². The Labute approximate surface area is 120 Å². The van der Waals surface area contributed by atoms with Crippen molar-refractivity contribution < 1.29 is 4.79 Å². The zero-order valence-corrected chi connectivity index (χ0v) is 11.4. The second-order valence-corrected chi connectivity index (χ2v) is 5.29. The molecule has 0 fully saturated rings. The molecule has 2 N–H and O–H groups in total. The van der Waals surface area contributed by atoms with Crippen LogP contribution >= 0.6 is 11.3 Å². The summed E-state index contributed by atoms with van der Waals surface area (Å²) in [5.74, 6) is -0.491. The van der Waals surface area contributed by atoms with E-state index in [9.17, 15) is 4.79 Å². The van der Waals surface area contributed by atoms with E-state index < -0.39 is 5.91 Å². The van der Waals surface area contributed by atoms with Gasteiger partial charge in [-0.3, -0.25) is 4.79 Å². The summed E-state index contributed by atoms with van der Waals surface area (Å²) in [5.41, 5.74) is 8.18. The smallest absolute Gasteiger partial charge is 0.277 e. The van der Waals surface area contributed by atoms with Crippen molar-refractivity contribution in [3.8, 4) is 21.7 Å². The van der Waals surface area contributed by atoms with Gasteiger partial charge in [-0.15, -0.1) is 11.3 Å². The molecule has 0 unspecified atom stereocenters. The normalized spacial score (nSPS) is 10.4. The van der Waals surface area contributed by atoms with Crippen LogP contribution in [0.15, 0.2) is 60.7 Å². The molecule has 0 saturated carbocycles. The summed E-state index contributed by atoms with van der Waals surface area (Å²) < 4.78 is 0. The third-order valence-electron chi connectivity index (χ3n) is 2.92. The average Bonchev–Trinajstić information content (AvgIpc) is 2.94. The summed E-state index contributed by atoms with van der Waals surface area (Å²) in [4.78, 5) is 16.8. The molecule has 0 bridgehead atoms. The average molecular weight is 280 g/mol. The van der Waals surface area contributed by atoms with Gasteiger partial charge in [-0.1, -0.05) is 60.7 Å². The molecule has 0 spiro atoms. The first-order valence-electron chi connectivity index (χ1n) is 6.17. The summed E-state index contributed by atoms with van der Waals surface area (Å²) in [5, 5.41) is 0.336. The van der Waals surface area contributed by atoms with Crippen LogP contribution < -0.4 is 5.73 Å². The minimum atomic E-state index is -0.491. The molecule has 3 rings (SSSR count). The zero-order valence-electron chi connectivity index (χ0n) is 10.6. The lowest BCUT2D eigenvalue weighted by atomic mass is 10.1. The number of hydrogen-bond donors (Lipinski definition) is 1. The molecule has 0 atom stereocenters. The molecule has 0 aliphatic carbocycles. The van der Waals surface area contributed by atoms with E-state index in [2.05, 4.69) is 4.98 Å². The van der Waals surface area contributed by atoms with Crippen molar-refractivity contribution in [1.82, 2.24) is 4.98 Å². The van der Waals surface area contributed by atoms with Crippen LogP contribution in [-0.2, 0) is 0 Å². The molecule has 2 aromatic carbocycles. The van der Waals surface area contributed by atoms with Crippen LogP contribution in [0.3, 0.4) is 0 Å². The second kappa shape index (κ2) is 5.27. The van der Waals surface area contributed by atoms with Crippen molar-refractivity contribution in [3.05, 3.63) is 65.7 Å². The van der Waals surface area contributed by atoms with Gasteiger partial charge in [-0.25, -0.2) is 4.98 Å². The minimum absolute atomic E-state index is 0.336. The highest BCUT2D eigenvalue weighted by Crippen LogP contribution is 2.36. The Morgan fingerprint density at radius 3 is 2.00 bits per heavy atom. The molecule has 0 aliphatic rings. The molecule has 4 heteroatoms. The van der Waals surface area contributed by atoms with E-state index in [0.717, 1.165) is 21.7 Å². The van der Waals surface area contributed by atoms with Gasteiger partial charge in [0.2, 0.25) is 0 Å². The molecule has 0 aliphatic heterocycles. The third kappa shape index (κ3) is 2.33. The molecule has 0 saturated heterocycles. The lowest BCUT2D eigenvalue weighted by Gasteiger charge is -2.02. The Morgan fingerprint density at radius 1 is 0.900 bits per heavy atom. The Kier molecular flexibility index (Phi) is 3.31. The number of carbonyl (C=O) groups is 1. The fraction of sp³-hybridized carbons (Fsp3) is 0. The number of hydrogen-bond acceptors (Lipinski definition) is 3. The van der Waals surface area contributed by atoms with Crippen molar-refractivity contribution in [1.29, 1.82) is 0 Å². The van der Waals surface area contributed by atoms with Gasteiger partial charge in [-0.2, -0.15) is 0 Å². The first-order chi connectivity index (χ1) is 9.75. The number of nitrogens with two attached hydrogens (primary N) is 1. The Hall–Kier alpha value is -2.46. The van der Waals surface area contributed by atoms with E-state index in [-0.39, 0.29) is 0 Å². The standard InChI is InChI=1S/C16H12N2OS/c17-15(19)16-18-13(11-7-3-1-4-8-11)14(20-16)12-9-5-2-6-10-12/h1-10H,(H2,17,19). The first-order valence-corrected chi connectivity index (χ1v) is 6.99. The van der Waals surface area contributed by atoms with Crippen LogP contribution in [0.5, 0.6) is 0 Å². The molecular weight excluding hydrogens is 268 g/mol. The number of nitrogens with zero attached hydrogens (tertiary/aromatic N) is 1. The SMILES string of the molecule is NC(=O)c1nc(-c2ccccc2)c(-c2ccccc2)s1. The van der Waals surface area contributed by atoms with E-state index in [0.29, 0.717) is 5.01 Å². The number of aromatic nitrogens is 1. The maximum Gasteiger partial charge on any atom is 0.277 e. The number of thiazole rings is 1. The van der Waals surface area contributed by atoms with Gasteiger partial charge in [0.25, 0.3) is 5.91 Å². The van der Waals surface area contributed by atoms with E-state index in [1.807, 2.05) is 60.7 Å². The molecule has 3 aromatic rings. The highest BCUT2D eigenvalue weighted by Gasteiger charge is 2.17. The number of amides is 1.